The Kier molecular flexibility index (Phi) is 8.42. The molecule has 0 saturated carbocycles. The summed E-state index contributed by atoms with van der Waals surface area (Å²) in [6, 6.07) is 16.6. The first-order chi connectivity index (χ1) is 18.2. The summed E-state index contributed by atoms with van der Waals surface area (Å²) in [5.41, 5.74) is 3.30. The monoisotopic (exact) mass is 538 g/mol. The molecule has 1 aromatic heterocycles. The lowest BCUT2D eigenvalue weighted by Crippen LogP contribution is -2.53. The topological polar surface area (TPSA) is 120 Å². The number of aromatic nitrogens is 2. The minimum Gasteiger partial charge on any atom is -0.448 e. The van der Waals surface area contributed by atoms with Crippen LogP contribution in [0.15, 0.2) is 60.8 Å². The molecule has 0 spiro atoms. The molecular weight excluding hydrogens is 512 g/mol. The van der Waals surface area contributed by atoms with Gasteiger partial charge in [0.1, 0.15) is 0 Å². The molecular formula is C27H27ClN4O6. The van der Waals surface area contributed by atoms with Crippen molar-refractivity contribution in [1.82, 2.24) is 20.0 Å². The zero-order valence-electron chi connectivity index (χ0n) is 20.9. The minimum absolute atomic E-state index is 0.0116. The van der Waals surface area contributed by atoms with Crippen molar-refractivity contribution >= 4 is 35.4 Å². The van der Waals surface area contributed by atoms with E-state index in [1.54, 1.807) is 23.0 Å². The lowest BCUT2D eigenvalue weighted by atomic mass is 10.1. The quantitative estimate of drug-likeness (QED) is 0.416. The summed E-state index contributed by atoms with van der Waals surface area (Å²) in [7, 11) is 0. The van der Waals surface area contributed by atoms with Crippen LogP contribution in [-0.4, -0.2) is 50.6 Å². The van der Waals surface area contributed by atoms with Crippen LogP contribution in [0.1, 0.15) is 36.2 Å². The van der Waals surface area contributed by atoms with Gasteiger partial charge in [0.05, 0.1) is 18.8 Å². The summed E-state index contributed by atoms with van der Waals surface area (Å²) in [6.45, 7) is 3.21. The highest BCUT2D eigenvalue weighted by molar-refractivity contribution is 6.31. The van der Waals surface area contributed by atoms with Crippen LogP contribution >= 0.6 is 11.6 Å². The highest BCUT2D eigenvalue weighted by Crippen LogP contribution is 2.24. The molecule has 0 unspecified atom stereocenters. The second-order valence-electron chi connectivity index (χ2n) is 8.84. The number of carbonyl (C=O) groups excluding carboxylic acids is 4. The van der Waals surface area contributed by atoms with E-state index in [0.29, 0.717) is 17.3 Å². The molecule has 38 heavy (non-hydrogen) atoms. The molecule has 4 rings (SSSR count). The van der Waals surface area contributed by atoms with Crippen molar-refractivity contribution in [3.63, 3.8) is 0 Å². The fourth-order valence-electron chi connectivity index (χ4n) is 4.19. The van der Waals surface area contributed by atoms with E-state index in [1.165, 1.54) is 4.90 Å². The predicted molar refractivity (Wildman–Crippen MR) is 136 cm³/mol. The van der Waals surface area contributed by atoms with Crippen LogP contribution in [0.2, 0.25) is 5.02 Å². The molecule has 0 aliphatic carbocycles. The van der Waals surface area contributed by atoms with Crippen LogP contribution < -0.4 is 5.32 Å². The molecule has 198 valence electrons. The summed E-state index contributed by atoms with van der Waals surface area (Å²) in [5.74, 6) is -3.02. The molecule has 1 aliphatic heterocycles. The van der Waals surface area contributed by atoms with Crippen LogP contribution in [-0.2, 0) is 54.8 Å². The van der Waals surface area contributed by atoms with E-state index in [2.05, 4.69) is 10.4 Å². The maximum Gasteiger partial charge on any atom is 0.303 e. The highest BCUT2D eigenvalue weighted by Gasteiger charge is 2.42. The standard InChI is InChI=1S/C27H27ClN4O6/c1-17(33)37-24(25(38-18(2)34)27(36)31-14-19-7-3-4-8-20(19)15-31)26(35)29-13-22-11-12-32(30-22)16-21-9-5-6-10-23(21)28/h3-12,24-25H,13-16H2,1-2H3,(H,29,35)/t24-,25-/m1/s1. The highest BCUT2D eigenvalue weighted by atomic mass is 35.5. The Labute approximate surface area is 224 Å². The molecule has 2 amide bonds. The smallest absolute Gasteiger partial charge is 0.303 e. The third-order valence-corrected chi connectivity index (χ3v) is 6.31. The fourth-order valence-corrected chi connectivity index (χ4v) is 4.38. The van der Waals surface area contributed by atoms with Gasteiger partial charge in [0.15, 0.2) is 0 Å². The Balaban J connectivity index is 1.46. The minimum atomic E-state index is -1.68. The Bertz CT molecular complexity index is 1330. The van der Waals surface area contributed by atoms with Crippen LogP contribution in [0, 0.1) is 0 Å². The van der Waals surface area contributed by atoms with Crippen molar-refractivity contribution in [2.24, 2.45) is 0 Å². The van der Waals surface area contributed by atoms with Gasteiger partial charge in [-0.25, -0.2) is 0 Å². The largest absolute Gasteiger partial charge is 0.448 e. The number of hydrogen-bond acceptors (Lipinski definition) is 7. The second-order valence-corrected chi connectivity index (χ2v) is 9.24. The van der Waals surface area contributed by atoms with Crippen molar-refractivity contribution in [3.05, 3.63) is 88.2 Å². The molecule has 2 heterocycles. The number of fused-ring (bicyclic) bond motifs is 1. The van der Waals surface area contributed by atoms with Gasteiger partial charge in [-0.2, -0.15) is 5.10 Å². The third-order valence-electron chi connectivity index (χ3n) is 5.94. The number of hydrogen-bond donors (Lipinski definition) is 1. The van der Waals surface area contributed by atoms with Gasteiger partial charge in [-0.3, -0.25) is 23.9 Å². The lowest BCUT2D eigenvalue weighted by molar-refractivity contribution is -0.178. The third kappa shape index (κ3) is 6.57. The number of ether oxygens (including phenoxy) is 2. The Morgan fingerprint density at radius 2 is 1.53 bits per heavy atom. The maximum absolute atomic E-state index is 13.4. The maximum atomic E-state index is 13.4. The van der Waals surface area contributed by atoms with E-state index < -0.39 is 36.0 Å². The van der Waals surface area contributed by atoms with Gasteiger partial charge in [-0.05, 0) is 28.8 Å². The number of carbonyl (C=O) groups is 4. The first kappa shape index (κ1) is 26.9. The molecule has 1 aliphatic rings. The molecule has 0 radical (unpaired) electrons. The van der Waals surface area contributed by atoms with Crippen molar-refractivity contribution < 1.29 is 28.7 Å². The van der Waals surface area contributed by atoms with E-state index in [1.807, 2.05) is 42.5 Å². The SMILES string of the molecule is CC(=O)O[C@@H](C(=O)NCc1ccn(Cc2ccccc2Cl)n1)[C@@H](OC(C)=O)C(=O)N1Cc2ccccc2C1. The number of esters is 2. The zero-order valence-corrected chi connectivity index (χ0v) is 21.7. The molecule has 11 heteroatoms. The first-order valence-corrected chi connectivity index (χ1v) is 12.3. The Hall–Kier alpha value is -4.18. The van der Waals surface area contributed by atoms with Crippen LogP contribution in [0.3, 0.4) is 0 Å². The number of benzene rings is 2. The molecule has 1 N–H and O–H groups in total. The van der Waals surface area contributed by atoms with Crippen LogP contribution in [0.25, 0.3) is 0 Å². The van der Waals surface area contributed by atoms with E-state index in [4.69, 9.17) is 21.1 Å². The summed E-state index contributed by atoms with van der Waals surface area (Å²) < 4.78 is 12.1. The molecule has 10 nitrogen and oxygen atoms in total. The summed E-state index contributed by atoms with van der Waals surface area (Å²) >= 11 is 6.22. The van der Waals surface area contributed by atoms with E-state index in [9.17, 15) is 19.2 Å². The molecule has 2 aromatic carbocycles. The van der Waals surface area contributed by atoms with Gasteiger partial charge in [0.25, 0.3) is 11.8 Å². The average molecular weight is 539 g/mol. The van der Waals surface area contributed by atoms with Crippen molar-refractivity contribution in [2.75, 3.05) is 0 Å². The van der Waals surface area contributed by atoms with Gasteiger partial charge in [-0.1, -0.05) is 54.1 Å². The normalized spacial score (nSPS) is 13.8. The van der Waals surface area contributed by atoms with Gasteiger partial charge in [0.2, 0.25) is 12.2 Å². The van der Waals surface area contributed by atoms with E-state index in [0.717, 1.165) is 30.5 Å². The Morgan fingerprint density at radius 3 is 2.16 bits per heavy atom. The average Bonchev–Trinajstić information content (AvgIpc) is 3.52. The number of amides is 2. The van der Waals surface area contributed by atoms with Gasteiger partial charge >= 0.3 is 11.9 Å². The first-order valence-electron chi connectivity index (χ1n) is 11.9. The van der Waals surface area contributed by atoms with Crippen LogP contribution in [0.5, 0.6) is 0 Å². The second kappa shape index (κ2) is 11.9. The van der Waals surface area contributed by atoms with Crippen molar-refractivity contribution in [3.8, 4) is 0 Å². The van der Waals surface area contributed by atoms with Crippen LogP contribution in [0.4, 0.5) is 0 Å². The summed E-state index contributed by atoms with van der Waals surface area (Å²) in [6.07, 6.45) is -1.59. The number of rotatable bonds is 9. The van der Waals surface area contributed by atoms with Gasteiger partial charge in [-0.15, -0.1) is 0 Å². The molecule has 0 bridgehead atoms. The molecule has 0 saturated heterocycles. The van der Waals surface area contributed by atoms with E-state index in [-0.39, 0.29) is 19.6 Å². The fraction of sp³-hybridized carbons (Fsp3) is 0.296. The Morgan fingerprint density at radius 1 is 0.921 bits per heavy atom. The summed E-state index contributed by atoms with van der Waals surface area (Å²) in [5, 5.41) is 7.67. The lowest BCUT2D eigenvalue weighted by Gasteiger charge is -2.28. The van der Waals surface area contributed by atoms with E-state index >= 15 is 0 Å². The number of nitrogens with zero attached hydrogens (tertiary/aromatic N) is 3. The molecule has 2 atom stereocenters. The van der Waals surface area contributed by atoms with Crippen molar-refractivity contribution in [1.29, 1.82) is 0 Å². The molecule has 0 fully saturated rings. The van der Waals surface area contributed by atoms with Crippen molar-refractivity contribution in [2.45, 2.75) is 52.2 Å². The van der Waals surface area contributed by atoms with Gasteiger partial charge < -0.3 is 19.7 Å². The predicted octanol–water partition coefficient (Wildman–Crippen LogP) is 2.61. The number of halogens is 1. The zero-order chi connectivity index (χ0) is 27.2. The van der Waals surface area contributed by atoms with Gasteiger partial charge in [0, 0.05) is 38.2 Å². The number of nitrogens with one attached hydrogen (secondary N) is 1. The summed E-state index contributed by atoms with van der Waals surface area (Å²) in [4.78, 5) is 51.7. The molecule has 3 aromatic rings.